The maximum atomic E-state index is 9.30. The summed E-state index contributed by atoms with van der Waals surface area (Å²) in [5.74, 6) is 0.799. The van der Waals surface area contributed by atoms with Gasteiger partial charge in [-0.2, -0.15) is 5.10 Å². The van der Waals surface area contributed by atoms with Crippen molar-refractivity contribution in [3.8, 4) is 0 Å². The van der Waals surface area contributed by atoms with Crippen LogP contribution in [0.3, 0.4) is 0 Å². The third-order valence-electron chi connectivity index (χ3n) is 2.40. The lowest BCUT2D eigenvalue weighted by molar-refractivity contribution is 0.179. The molecule has 0 saturated carbocycles. The summed E-state index contributed by atoms with van der Waals surface area (Å²) in [4.78, 5) is 4.27. The van der Waals surface area contributed by atoms with Crippen LogP contribution in [0.1, 0.15) is 20.3 Å². The Hall–Kier alpha value is -1.62. The van der Waals surface area contributed by atoms with E-state index < -0.39 is 0 Å². The third kappa shape index (κ3) is 2.30. The molecule has 0 amide bonds. The molecule has 0 aliphatic heterocycles. The second-order valence-electron chi connectivity index (χ2n) is 4.07. The van der Waals surface area contributed by atoms with Gasteiger partial charge in [-0.05, 0) is 26.3 Å². The Morgan fingerprint density at radius 2 is 2.25 bits per heavy atom. The Morgan fingerprint density at radius 3 is 3.00 bits per heavy atom. The average Bonchev–Trinajstić information content (AvgIpc) is 2.65. The predicted molar refractivity (Wildman–Crippen MR) is 62.4 cm³/mol. The summed E-state index contributed by atoms with van der Waals surface area (Å²) in [5, 5.41) is 16.7. The molecule has 2 N–H and O–H groups in total. The minimum absolute atomic E-state index is 0.175. The Morgan fingerprint density at radius 1 is 1.44 bits per heavy atom. The van der Waals surface area contributed by atoms with Gasteiger partial charge >= 0.3 is 0 Å². The van der Waals surface area contributed by atoms with Crippen molar-refractivity contribution in [2.45, 2.75) is 32.4 Å². The molecule has 0 bridgehead atoms. The SMILES string of the molecule is CC(O)CC(C)Nc1nccn2nccc12. The molecule has 0 aliphatic rings. The summed E-state index contributed by atoms with van der Waals surface area (Å²) in [6.07, 6.45) is 5.63. The van der Waals surface area contributed by atoms with Gasteiger partial charge in [0.2, 0.25) is 0 Å². The molecule has 5 nitrogen and oxygen atoms in total. The van der Waals surface area contributed by atoms with E-state index in [-0.39, 0.29) is 12.1 Å². The van der Waals surface area contributed by atoms with Gasteiger partial charge in [-0.3, -0.25) is 0 Å². The van der Waals surface area contributed by atoms with E-state index in [4.69, 9.17) is 0 Å². The standard InChI is InChI=1S/C11H16N4O/c1-8(7-9(2)16)14-11-10-3-4-13-15(10)6-5-12-11/h3-6,8-9,16H,7H2,1-2H3,(H,12,14). The number of nitrogens with zero attached hydrogens (tertiary/aromatic N) is 3. The molecule has 2 heterocycles. The van der Waals surface area contributed by atoms with Gasteiger partial charge in [0.05, 0.1) is 12.3 Å². The molecular weight excluding hydrogens is 204 g/mol. The Labute approximate surface area is 94.1 Å². The number of rotatable bonds is 4. The highest BCUT2D eigenvalue weighted by Crippen LogP contribution is 2.14. The number of hydrogen-bond donors (Lipinski definition) is 2. The van der Waals surface area contributed by atoms with Gasteiger partial charge in [0.1, 0.15) is 5.52 Å². The van der Waals surface area contributed by atoms with Crippen molar-refractivity contribution in [1.82, 2.24) is 14.6 Å². The number of anilines is 1. The van der Waals surface area contributed by atoms with Crippen LogP contribution >= 0.6 is 0 Å². The van der Waals surface area contributed by atoms with Crippen LogP contribution in [0.2, 0.25) is 0 Å². The normalized spacial score (nSPS) is 14.9. The summed E-state index contributed by atoms with van der Waals surface area (Å²) in [7, 11) is 0. The van der Waals surface area contributed by atoms with Crippen molar-refractivity contribution in [2.24, 2.45) is 0 Å². The van der Waals surface area contributed by atoms with Crippen LogP contribution in [-0.4, -0.2) is 31.9 Å². The highest BCUT2D eigenvalue weighted by Gasteiger charge is 2.09. The van der Waals surface area contributed by atoms with Gasteiger partial charge in [-0.15, -0.1) is 0 Å². The van der Waals surface area contributed by atoms with E-state index in [0.29, 0.717) is 6.42 Å². The zero-order chi connectivity index (χ0) is 11.5. The first-order valence-corrected chi connectivity index (χ1v) is 5.40. The monoisotopic (exact) mass is 220 g/mol. The smallest absolute Gasteiger partial charge is 0.152 e. The minimum atomic E-state index is -0.313. The average molecular weight is 220 g/mol. The molecule has 0 aromatic carbocycles. The van der Waals surface area contributed by atoms with Crippen LogP contribution < -0.4 is 5.32 Å². The number of aliphatic hydroxyl groups excluding tert-OH is 1. The largest absolute Gasteiger partial charge is 0.393 e. The fourth-order valence-corrected chi connectivity index (χ4v) is 1.77. The van der Waals surface area contributed by atoms with E-state index in [1.807, 2.05) is 13.0 Å². The first-order valence-electron chi connectivity index (χ1n) is 5.40. The van der Waals surface area contributed by atoms with E-state index in [1.54, 1.807) is 30.0 Å². The third-order valence-corrected chi connectivity index (χ3v) is 2.40. The van der Waals surface area contributed by atoms with Crippen LogP contribution in [0, 0.1) is 0 Å². The fourth-order valence-electron chi connectivity index (χ4n) is 1.77. The summed E-state index contributed by atoms with van der Waals surface area (Å²) in [5.41, 5.74) is 0.944. The lowest BCUT2D eigenvalue weighted by atomic mass is 10.1. The van der Waals surface area contributed by atoms with Gasteiger partial charge < -0.3 is 10.4 Å². The van der Waals surface area contributed by atoms with Crippen molar-refractivity contribution in [3.63, 3.8) is 0 Å². The molecule has 16 heavy (non-hydrogen) atoms. The zero-order valence-corrected chi connectivity index (χ0v) is 9.46. The molecule has 5 heteroatoms. The maximum Gasteiger partial charge on any atom is 0.152 e. The number of aliphatic hydroxyl groups is 1. The Bertz CT molecular complexity index is 466. The lowest BCUT2D eigenvalue weighted by Gasteiger charge is -2.16. The summed E-state index contributed by atoms with van der Waals surface area (Å²) >= 11 is 0. The molecule has 2 atom stereocenters. The van der Waals surface area contributed by atoms with Crippen LogP contribution in [0.15, 0.2) is 24.7 Å². The molecule has 2 aromatic rings. The molecule has 2 aromatic heterocycles. The van der Waals surface area contributed by atoms with Gasteiger partial charge in [0.15, 0.2) is 5.82 Å². The molecule has 0 aliphatic carbocycles. The highest BCUT2D eigenvalue weighted by atomic mass is 16.3. The molecule has 2 unspecified atom stereocenters. The fraction of sp³-hybridized carbons (Fsp3) is 0.455. The maximum absolute atomic E-state index is 9.30. The second-order valence-corrected chi connectivity index (χ2v) is 4.07. The summed E-state index contributed by atoms with van der Waals surface area (Å²) in [6, 6.07) is 2.08. The highest BCUT2D eigenvalue weighted by molar-refractivity contribution is 5.66. The van der Waals surface area contributed by atoms with Gasteiger partial charge in [-0.25, -0.2) is 9.50 Å². The van der Waals surface area contributed by atoms with Crippen LogP contribution in [0.5, 0.6) is 0 Å². The van der Waals surface area contributed by atoms with Crippen molar-refractivity contribution >= 4 is 11.3 Å². The lowest BCUT2D eigenvalue weighted by Crippen LogP contribution is -2.21. The van der Waals surface area contributed by atoms with Crippen LogP contribution in [0.4, 0.5) is 5.82 Å². The van der Waals surface area contributed by atoms with E-state index >= 15 is 0 Å². The Kier molecular flexibility index (Phi) is 3.05. The van der Waals surface area contributed by atoms with E-state index in [9.17, 15) is 5.11 Å². The first-order chi connectivity index (χ1) is 7.66. The number of nitrogens with one attached hydrogen (secondary N) is 1. The second kappa shape index (κ2) is 4.49. The van der Waals surface area contributed by atoms with Crippen molar-refractivity contribution < 1.29 is 5.11 Å². The van der Waals surface area contributed by atoms with E-state index in [2.05, 4.69) is 15.4 Å². The number of hydrogen-bond acceptors (Lipinski definition) is 4. The van der Waals surface area contributed by atoms with Crippen molar-refractivity contribution in [1.29, 1.82) is 0 Å². The van der Waals surface area contributed by atoms with Gasteiger partial charge in [0, 0.05) is 18.4 Å². The van der Waals surface area contributed by atoms with Gasteiger partial charge in [0.25, 0.3) is 0 Å². The molecule has 0 radical (unpaired) electrons. The molecule has 0 saturated heterocycles. The quantitative estimate of drug-likeness (QED) is 0.815. The Balaban J connectivity index is 2.17. The molecule has 86 valence electrons. The topological polar surface area (TPSA) is 62.5 Å². The van der Waals surface area contributed by atoms with E-state index in [1.165, 1.54) is 0 Å². The minimum Gasteiger partial charge on any atom is -0.393 e. The number of aromatic nitrogens is 3. The molecule has 2 rings (SSSR count). The molecule has 0 spiro atoms. The van der Waals surface area contributed by atoms with Crippen molar-refractivity contribution in [2.75, 3.05) is 5.32 Å². The number of fused-ring (bicyclic) bond motifs is 1. The first kappa shape index (κ1) is 10.9. The molecular formula is C11H16N4O. The van der Waals surface area contributed by atoms with Crippen molar-refractivity contribution in [3.05, 3.63) is 24.7 Å². The molecule has 0 fully saturated rings. The van der Waals surface area contributed by atoms with Gasteiger partial charge in [-0.1, -0.05) is 0 Å². The predicted octanol–water partition coefficient (Wildman–Crippen LogP) is 1.30. The van der Waals surface area contributed by atoms with Crippen LogP contribution in [-0.2, 0) is 0 Å². The van der Waals surface area contributed by atoms with Crippen LogP contribution in [0.25, 0.3) is 5.52 Å². The zero-order valence-electron chi connectivity index (χ0n) is 9.46. The van der Waals surface area contributed by atoms with E-state index in [0.717, 1.165) is 11.3 Å². The summed E-state index contributed by atoms with van der Waals surface area (Å²) in [6.45, 7) is 3.80. The summed E-state index contributed by atoms with van der Waals surface area (Å²) < 4.78 is 1.77.